The van der Waals surface area contributed by atoms with Crippen molar-refractivity contribution in [3.8, 4) is 0 Å². The van der Waals surface area contributed by atoms with E-state index < -0.39 is 23.5 Å². The van der Waals surface area contributed by atoms with E-state index in [2.05, 4.69) is 36.6 Å². The van der Waals surface area contributed by atoms with E-state index in [-0.39, 0.29) is 30.3 Å². The molecule has 3 amide bonds. The maximum Gasteiger partial charge on any atom is 0.407 e. The van der Waals surface area contributed by atoms with Gasteiger partial charge in [-0.3, -0.25) is 9.59 Å². The highest BCUT2D eigenvalue weighted by Crippen LogP contribution is 2.36. The Morgan fingerprint density at radius 2 is 1.83 bits per heavy atom. The molecule has 1 aliphatic carbocycles. The number of cyclic esters (lactones) is 1. The molecule has 1 heterocycles. The van der Waals surface area contributed by atoms with Gasteiger partial charge in [-0.05, 0) is 94.1 Å². The van der Waals surface area contributed by atoms with Crippen molar-refractivity contribution in [2.75, 3.05) is 27.4 Å². The zero-order valence-electron chi connectivity index (χ0n) is 26.6. The SMILES string of the molecule is COCCCCC1=C(OC)C=CC(C[C@@H](C[C@@H]2NC(=O)O[C@H]2C[C@H](C(=O)NCC(C)(C)C(N)=O)C(C)C)C(C)C)C1. The number of methoxy groups -OCH3 is 2. The highest BCUT2D eigenvalue weighted by molar-refractivity contribution is 5.83. The lowest BCUT2D eigenvalue weighted by molar-refractivity contribution is -0.129. The summed E-state index contributed by atoms with van der Waals surface area (Å²) < 4.78 is 16.6. The van der Waals surface area contributed by atoms with Crippen molar-refractivity contribution in [2.45, 2.75) is 98.6 Å². The average Bonchev–Trinajstić information content (AvgIpc) is 3.26. The zero-order chi connectivity index (χ0) is 30.7. The molecular weight excluding hydrogens is 522 g/mol. The molecule has 2 rings (SSSR count). The van der Waals surface area contributed by atoms with Gasteiger partial charge in [0, 0.05) is 26.2 Å². The van der Waals surface area contributed by atoms with Gasteiger partial charge in [-0.15, -0.1) is 0 Å². The summed E-state index contributed by atoms with van der Waals surface area (Å²) in [5.74, 6) is 1.21. The van der Waals surface area contributed by atoms with Crippen LogP contribution in [0.25, 0.3) is 0 Å². The number of carbonyl (C=O) groups is 3. The van der Waals surface area contributed by atoms with Crippen molar-refractivity contribution in [2.24, 2.45) is 40.7 Å². The predicted octanol–water partition coefficient (Wildman–Crippen LogP) is 5.10. The summed E-state index contributed by atoms with van der Waals surface area (Å²) >= 11 is 0. The smallest absolute Gasteiger partial charge is 0.407 e. The normalized spacial score (nSPS) is 22.5. The molecule has 0 aromatic rings. The maximum absolute atomic E-state index is 13.2. The molecule has 1 saturated heterocycles. The maximum atomic E-state index is 13.2. The Labute approximate surface area is 247 Å². The fourth-order valence-corrected chi connectivity index (χ4v) is 5.75. The van der Waals surface area contributed by atoms with Crippen LogP contribution in [0.1, 0.15) is 86.5 Å². The van der Waals surface area contributed by atoms with Crippen molar-refractivity contribution >= 4 is 17.9 Å². The molecule has 1 fully saturated rings. The van der Waals surface area contributed by atoms with Crippen LogP contribution in [0.15, 0.2) is 23.5 Å². The van der Waals surface area contributed by atoms with Crippen LogP contribution < -0.4 is 16.4 Å². The molecule has 2 aliphatic rings. The summed E-state index contributed by atoms with van der Waals surface area (Å²) in [4.78, 5) is 37.3. The van der Waals surface area contributed by atoms with Crippen molar-refractivity contribution in [3.05, 3.63) is 23.5 Å². The summed E-state index contributed by atoms with van der Waals surface area (Å²) in [6, 6.07) is -0.169. The van der Waals surface area contributed by atoms with Crippen molar-refractivity contribution in [1.82, 2.24) is 10.6 Å². The molecule has 5 atom stereocenters. The quantitative estimate of drug-likeness (QED) is 0.195. The van der Waals surface area contributed by atoms with Gasteiger partial charge in [0.15, 0.2) is 0 Å². The first-order valence-electron chi connectivity index (χ1n) is 15.3. The molecule has 41 heavy (non-hydrogen) atoms. The molecule has 1 aliphatic heterocycles. The van der Waals surface area contributed by atoms with E-state index in [4.69, 9.17) is 19.9 Å². The van der Waals surface area contributed by atoms with Gasteiger partial charge < -0.3 is 30.6 Å². The molecule has 0 aromatic heterocycles. The van der Waals surface area contributed by atoms with Crippen LogP contribution in [0, 0.1) is 35.0 Å². The van der Waals surface area contributed by atoms with Crippen molar-refractivity contribution in [3.63, 3.8) is 0 Å². The van der Waals surface area contributed by atoms with Gasteiger partial charge in [-0.25, -0.2) is 4.79 Å². The summed E-state index contributed by atoms with van der Waals surface area (Å²) in [6.45, 7) is 12.8. The Morgan fingerprint density at radius 1 is 1.12 bits per heavy atom. The highest BCUT2D eigenvalue weighted by Gasteiger charge is 2.40. The van der Waals surface area contributed by atoms with Crippen LogP contribution in [0.3, 0.4) is 0 Å². The number of nitrogens with two attached hydrogens (primary N) is 1. The standard InChI is InChI=1S/C32H55N3O6/c1-20(2)24(16-22-12-13-27(40-8)23(15-22)11-9-10-14-39-7)17-26-28(41-31(38)35-26)18-25(21(3)4)29(36)34-19-32(5,6)30(33)37/h12-13,20-22,24-26,28H,9-11,14-19H2,1-8H3,(H2,33,37)(H,34,36)(H,35,38)/t22?,24-,25-,26-,28-/m0/s1. The molecular formula is C32H55N3O6. The molecule has 9 heteroatoms. The van der Waals surface area contributed by atoms with Crippen LogP contribution in [-0.2, 0) is 23.8 Å². The number of alkyl carbamates (subject to hydrolysis) is 1. The van der Waals surface area contributed by atoms with E-state index in [1.54, 1.807) is 28.1 Å². The summed E-state index contributed by atoms with van der Waals surface area (Å²) in [6.07, 6.45) is 9.84. The molecule has 0 spiro atoms. The Balaban J connectivity index is 2.06. The summed E-state index contributed by atoms with van der Waals surface area (Å²) in [7, 11) is 3.47. The fraction of sp³-hybridized carbons (Fsp3) is 0.781. The van der Waals surface area contributed by atoms with Gasteiger partial charge in [0.1, 0.15) is 11.9 Å². The lowest BCUT2D eigenvalue weighted by Crippen LogP contribution is -2.46. The Morgan fingerprint density at radius 3 is 2.41 bits per heavy atom. The lowest BCUT2D eigenvalue weighted by Gasteiger charge is -2.31. The van der Waals surface area contributed by atoms with E-state index in [9.17, 15) is 14.4 Å². The van der Waals surface area contributed by atoms with E-state index in [0.29, 0.717) is 24.2 Å². The molecule has 9 nitrogen and oxygen atoms in total. The largest absolute Gasteiger partial charge is 0.497 e. The minimum Gasteiger partial charge on any atom is -0.497 e. The van der Waals surface area contributed by atoms with Crippen LogP contribution in [-0.4, -0.2) is 57.4 Å². The summed E-state index contributed by atoms with van der Waals surface area (Å²) in [5.41, 5.74) is 5.99. The predicted molar refractivity (Wildman–Crippen MR) is 161 cm³/mol. The van der Waals surface area contributed by atoms with Gasteiger partial charge >= 0.3 is 6.09 Å². The minimum atomic E-state index is -0.845. The second-order valence-corrected chi connectivity index (χ2v) is 13.2. The van der Waals surface area contributed by atoms with Crippen LogP contribution in [0.4, 0.5) is 4.79 Å². The number of primary amides is 1. The monoisotopic (exact) mass is 577 g/mol. The molecule has 0 bridgehead atoms. The van der Waals surface area contributed by atoms with E-state index >= 15 is 0 Å². The van der Waals surface area contributed by atoms with Crippen LogP contribution >= 0.6 is 0 Å². The number of hydrogen-bond donors (Lipinski definition) is 3. The average molecular weight is 578 g/mol. The molecule has 1 unspecified atom stereocenters. The van der Waals surface area contributed by atoms with Gasteiger partial charge in [-0.2, -0.15) is 0 Å². The molecule has 0 saturated carbocycles. The number of hydrogen-bond acceptors (Lipinski definition) is 6. The van der Waals surface area contributed by atoms with Crippen LogP contribution in [0.2, 0.25) is 0 Å². The third-order valence-corrected chi connectivity index (χ3v) is 8.79. The number of nitrogens with one attached hydrogen (secondary N) is 2. The van der Waals surface area contributed by atoms with Crippen molar-refractivity contribution in [1.29, 1.82) is 0 Å². The first kappa shape index (κ1) is 34.7. The van der Waals surface area contributed by atoms with Gasteiger partial charge in [0.25, 0.3) is 0 Å². The molecule has 234 valence electrons. The second kappa shape index (κ2) is 16.2. The number of amides is 3. The second-order valence-electron chi connectivity index (χ2n) is 13.2. The van der Waals surface area contributed by atoms with Crippen LogP contribution in [0.5, 0.6) is 0 Å². The minimum absolute atomic E-state index is 0.0315. The number of allylic oxidation sites excluding steroid dienone is 3. The Bertz CT molecular complexity index is 942. The molecule has 0 radical (unpaired) electrons. The van der Waals surface area contributed by atoms with E-state index in [0.717, 1.165) is 50.9 Å². The van der Waals surface area contributed by atoms with Gasteiger partial charge in [0.2, 0.25) is 11.8 Å². The van der Waals surface area contributed by atoms with Crippen molar-refractivity contribution < 1.29 is 28.6 Å². The Hall–Kier alpha value is -2.55. The summed E-state index contributed by atoms with van der Waals surface area (Å²) in [5, 5.41) is 5.94. The lowest BCUT2D eigenvalue weighted by atomic mass is 9.77. The molecule has 0 aromatic carbocycles. The van der Waals surface area contributed by atoms with Gasteiger partial charge in [-0.1, -0.05) is 33.8 Å². The topological polar surface area (TPSA) is 129 Å². The molecule has 4 N–H and O–H groups in total. The number of ether oxygens (including phenoxy) is 3. The third-order valence-electron chi connectivity index (χ3n) is 8.79. The van der Waals surface area contributed by atoms with E-state index in [1.807, 2.05) is 13.8 Å². The number of rotatable bonds is 18. The number of unbranched alkanes of at least 4 members (excludes halogenated alkanes) is 1. The van der Waals surface area contributed by atoms with Gasteiger partial charge in [0.05, 0.1) is 18.6 Å². The first-order chi connectivity index (χ1) is 19.3. The first-order valence-corrected chi connectivity index (χ1v) is 15.3. The third kappa shape index (κ3) is 10.7. The fourth-order valence-electron chi connectivity index (χ4n) is 5.75. The van der Waals surface area contributed by atoms with E-state index in [1.165, 1.54) is 5.57 Å². The zero-order valence-corrected chi connectivity index (χ0v) is 26.6. The number of carbonyl (C=O) groups excluding carboxylic acids is 3. The Kier molecular flexibility index (Phi) is 13.7. The highest BCUT2D eigenvalue weighted by atomic mass is 16.6.